The molecule has 9 heteroatoms. The van der Waals surface area contributed by atoms with Crippen LogP contribution in [-0.2, 0) is 10.0 Å². The van der Waals surface area contributed by atoms with E-state index < -0.39 is 10.0 Å². The largest absolute Gasteiger partial charge is 0.319 e. The molecule has 0 amide bonds. The summed E-state index contributed by atoms with van der Waals surface area (Å²) in [6.07, 6.45) is 2.01. The monoisotopic (exact) mass is 407 g/mol. The van der Waals surface area contributed by atoms with Crippen molar-refractivity contribution in [1.29, 1.82) is 0 Å². The van der Waals surface area contributed by atoms with Gasteiger partial charge in [-0.2, -0.15) is 4.31 Å². The molecule has 1 aliphatic heterocycles. The van der Waals surface area contributed by atoms with E-state index in [0.29, 0.717) is 23.2 Å². The van der Waals surface area contributed by atoms with Gasteiger partial charge in [-0.25, -0.2) is 13.4 Å². The maximum atomic E-state index is 12.9. The molecular formula is C15H22ClN3O2S3. The van der Waals surface area contributed by atoms with Crippen molar-refractivity contribution in [3.05, 3.63) is 22.5 Å². The van der Waals surface area contributed by atoms with Gasteiger partial charge in [-0.1, -0.05) is 0 Å². The average molecular weight is 408 g/mol. The fourth-order valence-electron chi connectivity index (χ4n) is 2.90. The van der Waals surface area contributed by atoms with Gasteiger partial charge in [0.1, 0.15) is 4.21 Å². The number of thiophene rings is 1. The molecule has 3 heterocycles. The van der Waals surface area contributed by atoms with Crippen LogP contribution in [0, 0.1) is 12.8 Å². The Hall–Kier alpha value is -0.510. The predicted molar refractivity (Wildman–Crippen MR) is 103 cm³/mol. The average Bonchev–Trinajstić information content (AvgIpc) is 3.17. The Balaban J connectivity index is 0.00000208. The van der Waals surface area contributed by atoms with E-state index in [4.69, 9.17) is 0 Å². The third-order valence-corrected chi connectivity index (χ3v) is 8.24. The predicted octanol–water partition coefficient (Wildman–Crippen LogP) is 3.22. The summed E-state index contributed by atoms with van der Waals surface area (Å²) >= 11 is 2.89. The van der Waals surface area contributed by atoms with E-state index in [2.05, 4.69) is 10.3 Å². The minimum Gasteiger partial charge on any atom is -0.319 e. The van der Waals surface area contributed by atoms with Crippen molar-refractivity contribution in [2.75, 3.05) is 26.7 Å². The molecule has 134 valence electrons. The Kier molecular flexibility index (Phi) is 6.81. The van der Waals surface area contributed by atoms with Crippen molar-refractivity contribution in [1.82, 2.24) is 14.6 Å². The van der Waals surface area contributed by atoms with Gasteiger partial charge in [0.15, 0.2) is 0 Å². The van der Waals surface area contributed by atoms with Gasteiger partial charge >= 0.3 is 0 Å². The molecule has 3 rings (SSSR count). The number of rotatable bonds is 5. The second kappa shape index (κ2) is 8.25. The molecule has 1 fully saturated rings. The van der Waals surface area contributed by atoms with Crippen molar-refractivity contribution in [2.45, 2.75) is 24.0 Å². The lowest BCUT2D eigenvalue weighted by Gasteiger charge is -2.31. The number of thiazole rings is 1. The summed E-state index contributed by atoms with van der Waals surface area (Å²) in [6.45, 7) is 4.03. The third-order valence-electron chi connectivity index (χ3n) is 4.02. The summed E-state index contributed by atoms with van der Waals surface area (Å²) < 4.78 is 27.8. The van der Waals surface area contributed by atoms with E-state index in [9.17, 15) is 8.42 Å². The van der Waals surface area contributed by atoms with Crippen LogP contribution >= 0.6 is 35.1 Å². The summed E-state index contributed by atoms with van der Waals surface area (Å²) in [5.41, 5.74) is 0.866. The molecular weight excluding hydrogens is 386 g/mol. The number of hydrogen-bond donors (Lipinski definition) is 1. The SMILES string of the molecule is CNCC1CCCN(S(=O)(=O)c2ccc(-c3csc(C)n3)s2)C1.Cl. The molecule has 1 aliphatic rings. The topological polar surface area (TPSA) is 62.3 Å². The van der Waals surface area contributed by atoms with E-state index >= 15 is 0 Å². The standard InChI is InChI=1S/C15H21N3O2S3.ClH/c1-11-17-13(10-21-11)14-5-6-15(22-14)23(19,20)18-7-3-4-12(9-18)8-16-2;/h5-6,10,12,16H,3-4,7-9H2,1-2H3;1H. The smallest absolute Gasteiger partial charge is 0.252 e. The molecule has 0 spiro atoms. The van der Waals surface area contributed by atoms with Crippen LogP contribution in [0.3, 0.4) is 0 Å². The maximum Gasteiger partial charge on any atom is 0.252 e. The summed E-state index contributed by atoms with van der Waals surface area (Å²) in [5, 5.41) is 6.11. The molecule has 1 atom stereocenters. The van der Waals surface area contributed by atoms with Crippen LogP contribution in [0.15, 0.2) is 21.7 Å². The van der Waals surface area contributed by atoms with Gasteiger partial charge in [0.05, 0.1) is 15.6 Å². The van der Waals surface area contributed by atoms with Crippen molar-refractivity contribution < 1.29 is 8.42 Å². The highest BCUT2D eigenvalue weighted by Gasteiger charge is 2.31. The lowest BCUT2D eigenvalue weighted by Crippen LogP contribution is -2.42. The number of aryl methyl sites for hydroxylation is 1. The molecule has 5 nitrogen and oxygen atoms in total. The van der Waals surface area contributed by atoms with Crippen LogP contribution in [0.4, 0.5) is 0 Å². The van der Waals surface area contributed by atoms with Crippen LogP contribution < -0.4 is 5.32 Å². The summed E-state index contributed by atoms with van der Waals surface area (Å²) in [7, 11) is -1.48. The van der Waals surface area contributed by atoms with Gasteiger partial charge in [-0.3, -0.25) is 0 Å². The number of sulfonamides is 1. The number of nitrogens with zero attached hydrogens (tertiary/aromatic N) is 2. The number of halogens is 1. The third kappa shape index (κ3) is 4.17. The Morgan fingerprint density at radius 1 is 1.42 bits per heavy atom. The zero-order valence-corrected chi connectivity index (χ0v) is 17.0. The zero-order valence-electron chi connectivity index (χ0n) is 13.7. The summed E-state index contributed by atoms with van der Waals surface area (Å²) in [5.74, 6) is 0.393. The number of aromatic nitrogens is 1. The van der Waals surface area contributed by atoms with Gasteiger partial charge in [0.25, 0.3) is 10.0 Å². The second-order valence-electron chi connectivity index (χ2n) is 5.80. The molecule has 0 saturated carbocycles. The normalized spacial score (nSPS) is 19.2. The molecule has 2 aromatic rings. The van der Waals surface area contributed by atoms with Crippen molar-refractivity contribution in [3.63, 3.8) is 0 Å². The number of piperidine rings is 1. The van der Waals surface area contributed by atoms with Gasteiger partial charge in [-0.05, 0) is 51.4 Å². The van der Waals surface area contributed by atoms with Gasteiger partial charge in [-0.15, -0.1) is 35.1 Å². The Bertz CT molecular complexity index is 771. The van der Waals surface area contributed by atoms with Gasteiger partial charge in [0, 0.05) is 18.5 Å². The van der Waals surface area contributed by atoms with Crippen LogP contribution in [0.2, 0.25) is 0 Å². The second-order valence-corrected chi connectivity index (χ2v) is 10.1. The highest BCUT2D eigenvalue weighted by atomic mass is 35.5. The number of hydrogen-bond acceptors (Lipinski definition) is 6. The molecule has 0 radical (unpaired) electrons. The quantitative estimate of drug-likeness (QED) is 0.826. The fraction of sp³-hybridized carbons (Fsp3) is 0.533. The lowest BCUT2D eigenvalue weighted by molar-refractivity contribution is 0.264. The summed E-state index contributed by atoms with van der Waals surface area (Å²) in [6, 6.07) is 3.58. The fourth-order valence-corrected chi connectivity index (χ4v) is 6.56. The molecule has 0 aliphatic carbocycles. The molecule has 1 unspecified atom stereocenters. The van der Waals surface area contributed by atoms with Crippen molar-refractivity contribution >= 4 is 45.1 Å². The van der Waals surface area contributed by atoms with Crippen molar-refractivity contribution in [3.8, 4) is 10.6 Å². The first-order valence-corrected chi connectivity index (χ1v) is 10.8. The molecule has 24 heavy (non-hydrogen) atoms. The van der Waals surface area contributed by atoms with Gasteiger partial charge < -0.3 is 5.32 Å². The van der Waals surface area contributed by atoms with E-state index in [0.717, 1.165) is 35.0 Å². The highest BCUT2D eigenvalue weighted by molar-refractivity contribution is 7.91. The van der Waals surface area contributed by atoms with Gasteiger partial charge in [0.2, 0.25) is 0 Å². The maximum absolute atomic E-state index is 12.9. The Morgan fingerprint density at radius 2 is 2.21 bits per heavy atom. The van der Waals surface area contributed by atoms with Crippen LogP contribution in [-0.4, -0.2) is 44.4 Å². The van der Waals surface area contributed by atoms with Crippen LogP contribution in [0.5, 0.6) is 0 Å². The van der Waals surface area contributed by atoms with Crippen LogP contribution in [0.1, 0.15) is 17.8 Å². The molecule has 1 N–H and O–H groups in total. The van der Waals surface area contributed by atoms with E-state index in [1.807, 2.05) is 25.4 Å². The minimum atomic E-state index is -3.39. The first kappa shape index (κ1) is 19.8. The minimum absolute atomic E-state index is 0. The zero-order chi connectivity index (χ0) is 16.4. The molecule has 1 saturated heterocycles. The van der Waals surface area contributed by atoms with Crippen molar-refractivity contribution in [2.24, 2.45) is 5.92 Å². The molecule has 0 aromatic carbocycles. The van der Waals surface area contributed by atoms with E-state index in [-0.39, 0.29) is 12.4 Å². The lowest BCUT2D eigenvalue weighted by atomic mass is 10.00. The van der Waals surface area contributed by atoms with Crippen LogP contribution in [0.25, 0.3) is 10.6 Å². The molecule has 0 bridgehead atoms. The highest BCUT2D eigenvalue weighted by Crippen LogP contribution is 2.34. The number of nitrogens with one attached hydrogen (secondary N) is 1. The first-order chi connectivity index (χ1) is 11.0. The first-order valence-electron chi connectivity index (χ1n) is 7.68. The summed E-state index contributed by atoms with van der Waals surface area (Å²) in [4.78, 5) is 5.35. The van der Waals surface area contributed by atoms with E-state index in [1.165, 1.54) is 11.3 Å². The van der Waals surface area contributed by atoms with E-state index in [1.54, 1.807) is 21.7 Å². The Labute approximate surface area is 157 Å². The Morgan fingerprint density at radius 3 is 2.88 bits per heavy atom. The molecule has 2 aromatic heterocycles.